The molecule has 2 rings (SSSR count). The second-order valence-electron chi connectivity index (χ2n) is 4.29. The molecule has 100 valence electrons. The second-order valence-corrected chi connectivity index (χ2v) is 4.29. The first-order valence-electron chi connectivity index (χ1n) is 6.12. The highest BCUT2D eigenvalue weighted by Crippen LogP contribution is 2.21. The van der Waals surface area contributed by atoms with E-state index in [1.807, 2.05) is 13.0 Å². The molecular formula is C13H15N3O3. The molecule has 0 aliphatic heterocycles. The number of nitro groups is 1. The zero-order valence-corrected chi connectivity index (χ0v) is 10.6. The Kier molecular flexibility index (Phi) is 3.79. The molecule has 0 atom stereocenters. The van der Waals surface area contributed by atoms with Gasteiger partial charge in [-0.15, -0.1) is 0 Å². The van der Waals surface area contributed by atoms with E-state index < -0.39 is 4.92 Å². The van der Waals surface area contributed by atoms with E-state index in [9.17, 15) is 14.9 Å². The van der Waals surface area contributed by atoms with Crippen LogP contribution in [0.25, 0.3) is 10.9 Å². The van der Waals surface area contributed by atoms with Crippen LogP contribution in [0.15, 0.2) is 30.5 Å². The SMILES string of the molecule is CCCNC(=O)Cn1ccc2ccc([N+](=O)[O-])cc21. The van der Waals surface area contributed by atoms with Gasteiger partial charge in [-0.1, -0.05) is 6.92 Å². The van der Waals surface area contributed by atoms with Gasteiger partial charge in [0.2, 0.25) is 5.91 Å². The summed E-state index contributed by atoms with van der Waals surface area (Å²) < 4.78 is 1.72. The number of hydrogen-bond donors (Lipinski definition) is 1. The van der Waals surface area contributed by atoms with Crippen molar-refractivity contribution in [3.05, 3.63) is 40.6 Å². The van der Waals surface area contributed by atoms with Gasteiger partial charge < -0.3 is 9.88 Å². The first kappa shape index (κ1) is 13.1. The number of nitrogens with zero attached hydrogens (tertiary/aromatic N) is 2. The average Bonchev–Trinajstić information content (AvgIpc) is 2.78. The summed E-state index contributed by atoms with van der Waals surface area (Å²) in [5, 5.41) is 14.4. The van der Waals surface area contributed by atoms with Crippen LogP contribution in [-0.2, 0) is 11.3 Å². The Labute approximate surface area is 110 Å². The standard InChI is InChI=1S/C13H15N3O3/c1-2-6-14-13(17)9-15-7-5-10-3-4-11(16(18)19)8-12(10)15/h3-5,7-8H,2,6,9H2,1H3,(H,14,17). The van der Waals surface area contributed by atoms with E-state index in [1.54, 1.807) is 16.8 Å². The van der Waals surface area contributed by atoms with Gasteiger partial charge >= 0.3 is 0 Å². The summed E-state index contributed by atoms with van der Waals surface area (Å²) in [4.78, 5) is 22.0. The molecule has 0 saturated heterocycles. The molecule has 1 amide bonds. The third-order valence-corrected chi connectivity index (χ3v) is 2.85. The number of carbonyl (C=O) groups excluding carboxylic acids is 1. The van der Waals surface area contributed by atoms with Gasteiger partial charge in [-0.05, 0) is 18.6 Å². The number of non-ortho nitro benzene ring substituents is 1. The Morgan fingerprint density at radius 3 is 2.89 bits per heavy atom. The van der Waals surface area contributed by atoms with E-state index in [2.05, 4.69) is 5.32 Å². The summed E-state index contributed by atoms with van der Waals surface area (Å²) in [5.74, 6) is -0.0918. The molecule has 0 unspecified atom stereocenters. The monoisotopic (exact) mass is 261 g/mol. The van der Waals surface area contributed by atoms with Crippen molar-refractivity contribution in [2.75, 3.05) is 6.54 Å². The Morgan fingerprint density at radius 1 is 1.42 bits per heavy atom. The van der Waals surface area contributed by atoms with E-state index in [4.69, 9.17) is 0 Å². The van der Waals surface area contributed by atoms with Crippen molar-refractivity contribution in [2.45, 2.75) is 19.9 Å². The Morgan fingerprint density at radius 2 is 2.21 bits per heavy atom. The fraction of sp³-hybridized carbons (Fsp3) is 0.308. The highest BCUT2D eigenvalue weighted by atomic mass is 16.6. The van der Waals surface area contributed by atoms with E-state index in [0.717, 1.165) is 11.8 Å². The molecule has 0 aliphatic rings. The van der Waals surface area contributed by atoms with Gasteiger partial charge in [-0.25, -0.2) is 0 Å². The first-order chi connectivity index (χ1) is 9.11. The molecule has 6 heteroatoms. The van der Waals surface area contributed by atoms with Crippen LogP contribution in [0, 0.1) is 10.1 Å². The van der Waals surface area contributed by atoms with E-state index >= 15 is 0 Å². The van der Waals surface area contributed by atoms with Gasteiger partial charge in [0.05, 0.1) is 10.4 Å². The Bertz CT molecular complexity index is 619. The van der Waals surface area contributed by atoms with Crippen molar-refractivity contribution in [3.8, 4) is 0 Å². The summed E-state index contributed by atoms with van der Waals surface area (Å²) in [6, 6.07) is 6.48. The highest BCUT2D eigenvalue weighted by molar-refractivity contribution is 5.84. The Balaban J connectivity index is 2.25. The quantitative estimate of drug-likeness (QED) is 0.661. The molecular weight excluding hydrogens is 246 g/mol. The maximum absolute atomic E-state index is 11.7. The lowest BCUT2D eigenvalue weighted by molar-refractivity contribution is -0.384. The fourth-order valence-corrected chi connectivity index (χ4v) is 1.90. The molecule has 1 N–H and O–H groups in total. The molecule has 0 bridgehead atoms. The van der Waals surface area contributed by atoms with E-state index in [-0.39, 0.29) is 18.1 Å². The predicted octanol–water partition coefficient (Wildman–Crippen LogP) is 2.08. The largest absolute Gasteiger partial charge is 0.355 e. The zero-order valence-electron chi connectivity index (χ0n) is 10.6. The number of nitro benzene ring substituents is 1. The summed E-state index contributed by atoms with van der Waals surface area (Å²) in [5.41, 5.74) is 0.724. The van der Waals surface area contributed by atoms with Crippen LogP contribution in [-0.4, -0.2) is 21.9 Å². The molecule has 2 aromatic rings. The molecule has 0 spiro atoms. The van der Waals surface area contributed by atoms with E-state index in [1.165, 1.54) is 12.1 Å². The topological polar surface area (TPSA) is 77.2 Å². The molecule has 6 nitrogen and oxygen atoms in total. The van der Waals surface area contributed by atoms with Crippen molar-refractivity contribution >= 4 is 22.5 Å². The number of nitrogens with one attached hydrogen (secondary N) is 1. The fourth-order valence-electron chi connectivity index (χ4n) is 1.90. The molecule has 0 aliphatic carbocycles. The van der Waals surface area contributed by atoms with Crippen LogP contribution in [0.2, 0.25) is 0 Å². The number of hydrogen-bond acceptors (Lipinski definition) is 3. The summed E-state index contributed by atoms with van der Waals surface area (Å²) in [7, 11) is 0. The lowest BCUT2D eigenvalue weighted by Crippen LogP contribution is -2.27. The van der Waals surface area contributed by atoms with Crippen LogP contribution in [0.1, 0.15) is 13.3 Å². The minimum Gasteiger partial charge on any atom is -0.355 e. The van der Waals surface area contributed by atoms with Crippen molar-refractivity contribution in [1.82, 2.24) is 9.88 Å². The van der Waals surface area contributed by atoms with Gasteiger partial charge in [0, 0.05) is 30.3 Å². The lowest BCUT2D eigenvalue weighted by atomic mass is 10.2. The van der Waals surface area contributed by atoms with Gasteiger partial charge in [0.25, 0.3) is 5.69 Å². The molecule has 0 fully saturated rings. The van der Waals surface area contributed by atoms with Crippen LogP contribution >= 0.6 is 0 Å². The summed E-state index contributed by atoms with van der Waals surface area (Å²) >= 11 is 0. The summed E-state index contributed by atoms with van der Waals surface area (Å²) in [6.07, 6.45) is 2.64. The number of amides is 1. The minimum atomic E-state index is -0.437. The minimum absolute atomic E-state index is 0.0291. The molecule has 19 heavy (non-hydrogen) atoms. The van der Waals surface area contributed by atoms with Crippen molar-refractivity contribution in [3.63, 3.8) is 0 Å². The molecule has 0 radical (unpaired) electrons. The van der Waals surface area contributed by atoms with Crippen LogP contribution in [0.4, 0.5) is 5.69 Å². The van der Waals surface area contributed by atoms with Gasteiger partial charge in [0.15, 0.2) is 0 Å². The maximum atomic E-state index is 11.7. The first-order valence-corrected chi connectivity index (χ1v) is 6.12. The Hall–Kier alpha value is -2.37. The van der Waals surface area contributed by atoms with Crippen LogP contribution in [0.5, 0.6) is 0 Å². The molecule has 1 aromatic heterocycles. The van der Waals surface area contributed by atoms with Crippen LogP contribution in [0.3, 0.4) is 0 Å². The van der Waals surface area contributed by atoms with Crippen molar-refractivity contribution < 1.29 is 9.72 Å². The number of carbonyl (C=O) groups is 1. The molecule has 1 aromatic carbocycles. The van der Waals surface area contributed by atoms with Gasteiger partial charge in [-0.2, -0.15) is 0 Å². The zero-order chi connectivity index (χ0) is 13.8. The summed E-state index contributed by atoms with van der Waals surface area (Å²) in [6.45, 7) is 2.79. The normalized spacial score (nSPS) is 10.6. The van der Waals surface area contributed by atoms with Gasteiger partial charge in [-0.3, -0.25) is 14.9 Å². The third-order valence-electron chi connectivity index (χ3n) is 2.85. The number of rotatable bonds is 5. The smallest absolute Gasteiger partial charge is 0.271 e. The molecule has 1 heterocycles. The number of benzene rings is 1. The number of aromatic nitrogens is 1. The van der Waals surface area contributed by atoms with Crippen LogP contribution < -0.4 is 5.32 Å². The lowest BCUT2D eigenvalue weighted by Gasteiger charge is -2.06. The molecule has 0 saturated carbocycles. The average molecular weight is 261 g/mol. The second kappa shape index (κ2) is 5.51. The number of fused-ring (bicyclic) bond motifs is 1. The maximum Gasteiger partial charge on any atom is 0.271 e. The van der Waals surface area contributed by atoms with Crippen molar-refractivity contribution in [1.29, 1.82) is 0 Å². The third kappa shape index (κ3) is 2.90. The highest BCUT2D eigenvalue weighted by Gasteiger charge is 2.10. The van der Waals surface area contributed by atoms with Gasteiger partial charge in [0.1, 0.15) is 6.54 Å². The predicted molar refractivity (Wildman–Crippen MR) is 71.9 cm³/mol. The van der Waals surface area contributed by atoms with Crippen molar-refractivity contribution in [2.24, 2.45) is 0 Å². The van der Waals surface area contributed by atoms with E-state index in [0.29, 0.717) is 12.1 Å².